The maximum absolute atomic E-state index is 12.4. The van der Waals surface area contributed by atoms with Crippen LogP contribution < -0.4 is 5.32 Å². The van der Waals surface area contributed by atoms with E-state index in [0.717, 1.165) is 30.5 Å². The lowest BCUT2D eigenvalue weighted by atomic mass is 9.80. The third-order valence-electron chi connectivity index (χ3n) is 4.56. The van der Waals surface area contributed by atoms with Crippen LogP contribution in [0, 0.1) is 16.0 Å². The highest BCUT2D eigenvalue weighted by molar-refractivity contribution is 5.83. The van der Waals surface area contributed by atoms with Crippen molar-refractivity contribution in [3.05, 3.63) is 70.3 Å². The molecule has 124 valence electrons. The first-order chi connectivity index (χ1) is 11.6. The number of anilines is 1. The first kappa shape index (κ1) is 16.2. The molecule has 0 aliphatic heterocycles. The van der Waals surface area contributed by atoms with Gasteiger partial charge in [0.25, 0.3) is 5.69 Å². The standard InChI is InChI=1S/C19H20N2O3/c22-18-9-5-4-8-17(18)19(20-15-6-2-1-3-7-15)14-10-12-16(13-11-14)21(23)24/h1-3,6-7,10-13,17,19-20H,4-5,8-9H2/t17?,19-/m0/s1. The Morgan fingerprint density at radius 2 is 1.75 bits per heavy atom. The minimum absolute atomic E-state index is 0.0622. The van der Waals surface area contributed by atoms with E-state index in [1.165, 1.54) is 12.1 Å². The van der Waals surface area contributed by atoms with Gasteiger partial charge in [-0.15, -0.1) is 0 Å². The molecule has 3 rings (SSSR count). The van der Waals surface area contributed by atoms with Gasteiger partial charge in [-0.2, -0.15) is 0 Å². The molecule has 1 saturated carbocycles. The van der Waals surface area contributed by atoms with Crippen LogP contribution in [0.4, 0.5) is 11.4 Å². The molecule has 5 heteroatoms. The fraction of sp³-hybridized carbons (Fsp3) is 0.316. The van der Waals surface area contributed by atoms with Gasteiger partial charge in [0.1, 0.15) is 5.78 Å². The monoisotopic (exact) mass is 324 g/mol. The smallest absolute Gasteiger partial charge is 0.269 e. The molecule has 2 aromatic carbocycles. The van der Waals surface area contributed by atoms with Gasteiger partial charge in [-0.05, 0) is 30.5 Å². The molecule has 0 saturated heterocycles. The van der Waals surface area contributed by atoms with Gasteiger partial charge in [-0.25, -0.2) is 0 Å². The van der Waals surface area contributed by atoms with Crippen LogP contribution in [0.15, 0.2) is 54.6 Å². The zero-order valence-electron chi connectivity index (χ0n) is 13.4. The highest BCUT2D eigenvalue weighted by Gasteiger charge is 2.31. The van der Waals surface area contributed by atoms with Crippen molar-refractivity contribution in [3.63, 3.8) is 0 Å². The van der Waals surface area contributed by atoms with Crippen LogP contribution in [0.1, 0.15) is 37.3 Å². The number of benzene rings is 2. The van der Waals surface area contributed by atoms with E-state index in [4.69, 9.17) is 0 Å². The number of nitrogens with zero attached hydrogens (tertiary/aromatic N) is 1. The van der Waals surface area contributed by atoms with Gasteiger partial charge in [-0.3, -0.25) is 14.9 Å². The Kier molecular flexibility index (Phi) is 4.89. The van der Waals surface area contributed by atoms with Crippen LogP contribution >= 0.6 is 0 Å². The number of hydrogen-bond donors (Lipinski definition) is 1. The summed E-state index contributed by atoms with van der Waals surface area (Å²) in [6, 6.07) is 16.1. The molecule has 1 aliphatic carbocycles. The summed E-state index contributed by atoms with van der Waals surface area (Å²) in [4.78, 5) is 22.9. The van der Waals surface area contributed by atoms with Crippen LogP contribution in [0.3, 0.4) is 0 Å². The maximum atomic E-state index is 12.4. The number of carbonyl (C=O) groups excluding carboxylic acids is 1. The molecule has 1 unspecified atom stereocenters. The Hall–Kier alpha value is -2.69. The van der Waals surface area contributed by atoms with E-state index < -0.39 is 4.92 Å². The fourth-order valence-corrected chi connectivity index (χ4v) is 3.30. The molecule has 1 aliphatic rings. The predicted molar refractivity (Wildman–Crippen MR) is 92.9 cm³/mol. The topological polar surface area (TPSA) is 72.2 Å². The zero-order valence-corrected chi connectivity index (χ0v) is 13.4. The number of Topliss-reactive ketones (excluding diaryl/α,β-unsaturated/α-hetero) is 1. The molecule has 0 heterocycles. The van der Waals surface area contributed by atoms with E-state index in [1.54, 1.807) is 12.1 Å². The Labute approximate surface area is 140 Å². The number of ketones is 1. The minimum Gasteiger partial charge on any atom is -0.378 e. The van der Waals surface area contributed by atoms with Gasteiger partial charge >= 0.3 is 0 Å². The number of non-ortho nitro benzene ring substituents is 1. The maximum Gasteiger partial charge on any atom is 0.269 e. The van der Waals surface area contributed by atoms with E-state index in [2.05, 4.69) is 5.32 Å². The van der Waals surface area contributed by atoms with Crippen molar-refractivity contribution < 1.29 is 9.72 Å². The van der Waals surface area contributed by atoms with Gasteiger partial charge in [0.05, 0.1) is 11.0 Å². The second-order valence-electron chi connectivity index (χ2n) is 6.16. The SMILES string of the molecule is O=C1CCCCC1[C@@H](Nc1ccccc1)c1ccc([N+](=O)[O-])cc1. The number of nitro benzene ring substituents is 1. The fourth-order valence-electron chi connectivity index (χ4n) is 3.30. The molecule has 0 spiro atoms. The molecule has 24 heavy (non-hydrogen) atoms. The van der Waals surface area contributed by atoms with Crippen LogP contribution in [0.5, 0.6) is 0 Å². The van der Waals surface area contributed by atoms with Crippen LogP contribution in [0.25, 0.3) is 0 Å². The summed E-state index contributed by atoms with van der Waals surface area (Å²) in [5.74, 6) is 0.174. The van der Waals surface area contributed by atoms with Gasteiger partial charge in [0.2, 0.25) is 0 Å². The average molecular weight is 324 g/mol. The molecule has 5 nitrogen and oxygen atoms in total. The summed E-state index contributed by atoms with van der Waals surface area (Å²) in [7, 11) is 0. The molecule has 0 bridgehead atoms. The van der Waals surface area contributed by atoms with Crippen molar-refractivity contribution in [2.45, 2.75) is 31.7 Å². The van der Waals surface area contributed by atoms with E-state index in [9.17, 15) is 14.9 Å². The Morgan fingerprint density at radius 1 is 1.04 bits per heavy atom. The van der Waals surface area contributed by atoms with Crippen LogP contribution in [-0.2, 0) is 4.79 Å². The lowest BCUT2D eigenvalue weighted by Gasteiger charge is -2.31. The number of nitro groups is 1. The molecule has 1 N–H and O–H groups in total. The number of rotatable bonds is 5. The van der Waals surface area contributed by atoms with Crippen molar-refractivity contribution in [1.82, 2.24) is 0 Å². The van der Waals surface area contributed by atoms with Gasteiger partial charge in [0.15, 0.2) is 0 Å². The second kappa shape index (κ2) is 7.25. The molecular formula is C19H20N2O3. The van der Waals surface area contributed by atoms with Crippen molar-refractivity contribution in [2.24, 2.45) is 5.92 Å². The van der Waals surface area contributed by atoms with E-state index in [1.807, 2.05) is 30.3 Å². The number of para-hydroxylation sites is 1. The third-order valence-corrected chi connectivity index (χ3v) is 4.56. The van der Waals surface area contributed by atoms with Crippen molar-refractivity contribution in [3.8, 4) is 0 Å². The third kappa shape index (κ3) is 3.62. The predicted octanol–water partition coefficient (Wildman–Crippen LogP) is 4.51. The molecule has 1 fully saturated rings. The summed E-state index contributed by atoms with van der Waals surface area (Å²) in [5.41, 5.74) is 1.91. The van der Waals surface area contributed by atoms with Crippen molar-refractivity contribution in [1.29, 1.82) is 0 Å². The van der Waals surface area contributed by atoms with Gasteiger partial charge < -0.3 is 5.32 Å². The molecule has 2 atom stereocenters. The lowest BCUT2D eigenvalue weighted by molar-refractivity contribution is -0.384. The summed E-state index contributed by atoms with van der Waals surface area (Å²) in [6.45, 7) is 0. The Morgan fingerprint density at radius 3 is 2.38 bits per heavy atom. The van der Waals surface area contributed by atoms with Crippen molar-refractivity contribution >= 4 is 17.2 Å². The molecule has 0 aromatic heterocycles. The minimum atomic E-state index is -0.408. The van der Waals surface area contributed by atoms with E-state index in [-0.39, 0.29) is 23.4 Å². The van der Waals surface area contributed by atoms with Crippen LogP contribution in [-0.4, -0.2) is 10.7 Å². The number of carbonyl (C=O) groups is 1. The average Bonchev–Trinajstić information content (AvgIpc) is 2.61. The summed E-state index contributed by atoms with van der Waals surface area (Å²) < 4.78 is 0. The second-order valence-corrected chi connectivity index (χ2v) is 6.16. The summed E-state index contributed by atoms with van der Waals surface area (Å²) >= 11 is 0. The van der Waals surface area contributed by atoms with E-state index >= 15 is 0 Å². The van der Waals surface area contributed by atoms with Crippen LogP contribution in [0.2, 0.25) is 0 Å². The van der Waals surface area contributed by atoms with Gasteiger partial charge in [-0.1, -0.05) is 36.8 Å². The largest absolute Gasteiger partial charge is 0.378 e. The molecule has 0 radical (unpaired) electrons. The Balaban J connectivity index is 1.91. The first-order valence-corrected chi connectivity index (χ1v) is 8.24. The lowest BCUT2D eigenvalue weighted by Crippen LogP contribution is -2.30. The Bertz CT molecular complexity index is 713. The molecular weight excluding hydrogens is 304 g/mol. The zero-order chi connectivity index (χ0) is 16.9. The highest BCUT2D eigenvalue weighted by atomic mass is 16.6. The number of hydrogen-bond acceptors (Lipinski definition) is 4. The summed E-state index contributed by atoms with van der Waals surface area (Å²) in [6.07, 6.45) is 3.45. The quantitative estimate of drug-likeness (QED) is 0.649. The first-order valence-electron chi connectivity index (χ1n) is 8.24. The summed E-state index contributed by atoms with van der Waals surface area (Å²) in [5, 5.41) is 14.3. The molecule has 0 amide bonds. The van der Waals surface area contributed by atoms with E-state index in [0.29, 0.717) is 6.42 Å². The molecule has 2 aromatic rings. The normalized spacial score (nSPS) is 18.8. The highest BCUT2D eigenvalue weighted by Crippen LogP contribution is 2.35. The van der Waals surface area contributed by atoms with Gasteiger partial charge in [0, 0.05) is 30.2 Å². The van der Waals surface area contributed by atoms with Crippen molar-refractivity contribution in [2.75, 3.05) is 5.32 Å². The number of nitrogens with one attached hydrogen (secondary N) is 1.